The maximum Gasteiger partial charge on any atom is 0.404 e. The van der Waals surface area contributed by atoms with E-state index in [0.717, 1.165) is 24.2 Å². The van der Waals surface area contributed by atoms with Gasteiger partial charge in [-0.1, -0.05) is 0 Å². The first-order chi connectivity index (χ1) is 15.0. The van der Waals surface area contributed by atoms with Gasteiger partial charge < -0.3 is 30.2 Å². The van der Waals surface area contributed by atoms with Gasteiger partial charge in [0.1, 0.15) is 11.5 Å². The fraction of sp³-hybridized carbons (Fsp3) is 0.400. The fourth-order valence-corrected chi connectivity index (χ4v) is 4.49. The summed E-state index contributed by atoms with van der Waals surface area (Å²) in [5.74, 6) is 2.92. The second kappa shape index (κ2) is 8.88. The van der Waals surface area contributed by atoms with E-state index in [1.54, 1.807) is 20.5 Å². The van der Waals surface area contributed by atoms with Crippen molar-refractivity contribution in [3.8, 4) is 23.0 Å². The van der Waals surface area contributed by atoms with Crippen LogP contribution in [0.25, 0.3) is 11.5 Å². The Morgan fingerprint density at radius 1 is 1.35 bits per heavy atom. The zero-order valence-electron chi connectivity index (χ0n) is 17.2. The molecule has 0 aromatic heterocycles. The van der Waals surface area contributed by atoms with Gasteiger partial charge in [-0.3, -0.25) is 0 Å². The number of nitrogens with zero attached hydrogens (tertiary/aromatic N) is 4. The molecule has 11 heteroatoms. The zero-order chi connectivity index (χ0) is 22.0. The molecule has 3 aliphatic rings. The largest absolute Gasteiger partial charge is 0.497 e. The molecule has 2 heterocycles. The summed E-state index contributed by atoms with van der Waals surface area (Å²) in [6.07, 6.45) is 3.45. The molecular weight excluding hydrogens is 420 g/mol. The highest BCUT2D eigenvalue weighted by Crippen LogP contribution is 2.48. The van der Waals surface area contributed by atoms with Crippen LogP contribution in [0.4, 0.5) is 10.6 Å². The van der Waals surface area contributed by atoms with Gasteiger partial charge in [0.05, 0.1) is 25.4 Å². The van der Waals surface area contributed by atoms with Crippen LogP contribution >= 0.6 is 11.8 Å². The van der Waals surface area contributed by atoms with E-state index >= 15 is 0 Å². The van der Waals surface area contributed by atoms with Crippen LogP contribution in [-0.2, 0) is 0 Å². The Morgan fingerprint density at radius 2 is 2.19 bits per heavy atom. The van der Waals surface area contributed by atoms with Gasteiger partial charge in [0.25, 0.3) is 0 Å². The minimum atomic E-state index is -0.990. The third-order valence-electron chi connectivity index (χ3n) is 5.27. The molecule has 2 aliphatic heterocycles. The second-order valence-electron chi connectivity index (χ2n) is 7.27. The maximum atomic E-state index is 10.6. The Labute approximate surface area is 183 Å². The molecule has 1 amide bonds. The van der Waals surface area contributed by atoms with E-state index in [1.807, 2.05) is 22.8 Å². The van der Waals surface area contributed by atoms with Crippen LogP contribution < -0.4 is 20.5 Å². The SMILES string of the molecule is COc1ccc(OC)c(Sc2nc3c(N)ncn(C4CC4CCCNC(=O)O)c-3n2)c1. The predicted octanol–water partition coefficient (Wildman–Crippen LogP) is 3.14. The number of methoxy groups -OCH3 is 2. The Balaban J connectivity index is 1.53. The number of benzene rings is 1. The van der Waals surface area contributed by atoms with Gasteiger partial charge >= 0.3 is 6.09 Å². The van der Waals surface area contributed by atoms with E-state index in [2.05, 4.69) is 15.3 Å². The summed E-state index contributed by atoms with van der Waals surface area (Å²) in [7, 11) is 3.23. The molecule has 1 aromatic carbocycles. The van der Waals surface area contributed by atoms with Crippen molar-refractivity contribution in [3.05, 3.63) is 24.5 Å². The molecule has 0 radical (unpaired) electrons. The predicted molar refractivity (Wildman–Crippen MR) is 115 cm³/mol. The van der Waals surface area contributed by atoms with Crippen LogP contribution in [-0.4, -0.2) is 51.5 Å². The Bertz CT molecular complexity index is 1060. The maximum absolute atomic E-state index is 10.6. The number of fused-ring (bicyclic) bond motifs is 1. The average molecular weight is 445 g/mol. The smallest absolute Gasteiger partial charge is 0.404 e. The number of nitrogens with one attached hydrogen (secondary N) is 1. The van der Waals surface area contributed by atoms with Crippen LogP contribution in [0.15, 0.2) is 34.6 Å². The van der Waals surface area contributed by atoms with Crippen molar-refractivity contribution in [1.29, 1.82) is 0 Å². The molecule has 1 aliphatic carbocycles. The summed E-state index contributed by atoms with van der Waals surface area (Å²) in [5.41, 5.74) is 6.64. The molecule has 10 nitrogen and oxygen atoms in total. The minimum absolute atomic E-state index is 0.265. The van der Waals surface area contributed by atoms with Crippen LogP contribution in [0.2, 0.25) is 0 Å². The molecule has 1 aromatic rings. The lowest BCUT2D eigenvalue weighted by molar-refractivity contribution is 0.194. The summed E-state index contributed by atoms with van der Waals surface area (Å²) in [6.45, 7) is 0.456. The quantitative estimate of drug-likeness (QED) is 0.425. The van der Waals surface area contributed by atoms with Crippen molar-refractivity contribution in [2.75, 3.05) is 26.5 Å². The number of hydrogen-bond acceptors (Lipinski definition) is 8. The fourth-order valence-electron chi connectivity index (χ4n) is 3.60. The average Bonchev–Trinajstić information content (AvgIpc) is 3.39. The first kappa shape index (κ1) is 21.0. The number of amides is 1. The van der Waals surface area contributed by atoms with Gasteiger partial charge in [0.2, 0.25) is 0 Å². The van der Waals surface area contributed by atoms with Crippen LogP contribution in [0.5, 0.6) is 11.5 Å². The lowest BCUT2D eigenvalue weighted by Gasteiger charge is -2.11. The Kier molecular flexibility index (Phi) is 6.03. The normalized spacial score (nSPS) is 17.5. The molecule has 31 heavy (non-hydrogen) atoms. The third-order valence-corrected chi connectivity index (χ3v) is 6.18. The number of ether oxygens (including phenoxy) is 2. The summed E-state index contributed by atoms with van der Waals surface area (Å²) in [6, 6.07) is 5.82. The van der Waals surface area contributed by atoms with Crippen molar-refractivity contribution in [2.45, 2.75) is 35.4 Å². The lowest BCUT2D eigenvalue weighted by Crippen LogP contribution is -2.21. The van der Waals surface area contributed by atoms with E-state index in [0.29, 0.717) is 46.5 Å². The highest BCUT2D eigenvalue weighted by molar-refractivity contribution is 7.99. The third kappa shape index (κ3) is 4.61. The Morgan fingerprint density at radius 3 is 2.94 bits per heavy atom. The molecule has 0 spiro atoms. The van der Waals surface area contributed by atoms with Gasteiger partial charge in [0, 0.05) is 12.6 Å². The number of carbonyl (C=O) groups is 1. The number of nitrogens with two attached hydrogens (primary N) is 1. The van der Waals surface area contributed by atoms with Crippen molar-refractivity contribution < 1.29 is 19.4 Å². The highest BCUT2D eigenvalue weighted by atomic mass is 32.2. The van der Waals surface area contributed by atoms with E-state index in [9.17, 15) is 4.79 Å². The first-order valence-electron chi connectivity index (χ1n) is 9.87. The zero-order valence-corrected chi connectivity index (χ0v) is 18.1. The van der Waals surface area contributed by atoms with Crippen LogP contribution in [0.3, 0.4) is 0 Å². The van der Waals surface area contributed by atoms with Crippen LogP contribution in [0.1, 0.15) is 25.3 Å². The molecule has 4 rings (SSSR count). The van der Waals surface area contributed by atoms with Crippen molar-refractivity contribution in [2.24, 2.45) is 5.92 Å². The first-order valence-corrected chi connectivity index (χ1v) is 10.7. The van der Waals surface area contributed by atoms with Crippen molar-refractivity contribution >= 4 is 23.7 Å². The van der Waals surface area contributed by atoms with E-state index in [1.165, 1.54) is 11.8 Å². The summed E-state index contributed by atoms with van der Waals surface area (Å²) < 4.78 is 12.8. The summed E-state index contributed by atoms with van der Waals surface area (Å²) in [4.78, 5) is 25.0. The number of rotatable bonds is 9. The molecule has 1 fully saturated rings. The molecule has 1 saturated carbocycles. The van der Waals surface area contributed by atoms with E-state index < -0.39 is 6.09 Å². The van der Waals surface area contributed by atoms with Gasteiger partial charge in [-0.15, -0.1) is 0 Å². The van der Waals surface area contributed by atoms with Gasteiger partial charge in [-0.2, -0.15) is 0 Å². The second-order valence-corrected chi connectivity index (χ2v) is 8.28. The molecule has 0 saturated heterocycles. The number of anilines is 1. The Hall–Kier alpha value is -3.21. The number of aromatic nitrogens is 4. The number of imidazole rings is 1. The van der Waals surface area contributed by atoms with Crippen molar-refractivity contribution in [1.82, 2.24) is 24.8 Å². The van der Waals surface area contributed by atoms with E-state index in [-0.39, 0.29) is 6.04 Å². The molecule has 4 N–H and O–H groups in total. The van der Waals surface area contributed by atoms with Crippen LogP contribution in [0, 0.1) is 5.92 Å². The summed E-state index contributed by atoms with van der Waals surface area (Å²) >= 11 is 1.38. The van der Waals surface area contributed by atoms with Gasteiger partial charge in [-0.25, -0.2) is 19.7 Å². The molecular formula is C20H24N6O4S. The van der Waals surface area contributed by atoms with Crippen molar-refractivity contribution in [3.63, 3.8) is 0 Å². The number of hydrogen-bond donors (Lipinski definition) is 3. The minimum Gasteiger partial charge on any atom is -0.497 e. The lowest BCUT2D eigenvalue weighted by atomic mass is 10.2. The summed E-state index contributed by atoms with van der Waals surface area (Å²) in [5, 5.41) is 11.6. The van der Waals surface area contributed by atoms with Gasteiger partial charge in [-0.05, 0) is 55.1 Å². The molecule has 2 unspecified atom stereocenters. The monoisotopic (exact) mass is 444 g/mol. The van der Waals surface area contributed by atoms with E-state index in [4.69, 9.17) is 25.3 Å². The standard InChI is InChI=1S/C20H24N6O4S/c1-29-12-5-6-14(30-2)15(9-12)31-19-24-16-17(21)23-10-26(18(16)25-19)13-8-11(13)4-3-7-22-20(27)28/h5-6,9-11,13,22H,3-4,7-8,21H2,1-2H3,(H,27,28). The number of nitrogen functional groups attached to an aromatic ring is 1. The molecule has 0 bridgehead atoms. The van der Waals surface area contributed by atoms with Gasteiger partial charge in [0.15, 0.2) is 22.5 Å². The molecule has 164 valence electrons. The highest BCUT2D eigenvalue weighted by Gasteiger charge is 2.40. The molecule has 2 atom stereocenters. The topological polar surface area (TPSA) is 137 Å². The number of carboxylic acid groups (broad SMARTS) is 1.